The number of ether oxygens (including phenoxy) is 1. The predicted octanol–water partition coefficient (Wildman–Crippen LogP) is 1.49. The molecule has 15 heavy (non-hydrogen) atoms. The molecule has 0 saturated carbocycles. The van der Waals surface area contributed by atoms with Crippen molar-refractivity contribution in [2.75, 3.05) is 13.2 Å². The maximum Gasteiger partial charge on any atom is 0.328 e. The van der Waals surface area contributed by atoms with E-state index in [9.17, 15) is 4.79 Å². The standard InChI is InChI=1S/C11H20N2O2/c1-3-6-12-8-9-13(11(12)14)7-5-10-15-4-2/h8-9H,3-7,10H2,1-2H3. The molecule has 0 atom stereocenters. The number of aromatic nitrogens is 2. The molecular weight excluding hydrogens is 192 g/mol. The molecule has 0 N–H and O–H groups in total. The van der Waals surface area contributed by atoms with Gasteiger partial charge in [0.25, 0.3) is 0 Å². The number of hydrogen-bond donors (Lipinski definition) is 0. The third-order valence-electron chi connectivity index (χ3n) is 2.27. The molecule has 0 fully saturated rings. The van der Waals surface area contributed by atoms with Crippen molar-refractivity contribution < 1.29 is 4.74 Å². The minimum atomic E-state index is 0.0911. The lowest BCUT2D eigenvalue weighted by atomic mass is 10.4. The van der Waals surface area contributed by atoms with Gasteiger partial charge in [-0.3, -0.25) is 9.13 Å². The first-order valence-corrected chi connectivity index (χ1v) is 5.63. The molecule has 0 bridgehead atoms. The van der Waals surface area contributed by atoms with Crippen LogP contribution >= 0.6 is 0 Å². The highest BCUT2D eigenvalue weighted by molar-refractivity contribution is 4.81. The van der Waals surface area contributed by atoms with Crippen LogP contribution in [0.2, 0.25) is 0 Å². The summed E-state index contributed by atoms with van der Waals surface area (Å²) in [5.74, 6) is 0. The molecule has 0 unspecified atom stereocenters. The van der Waals surface area contributed by atoms with E-state index in [4.69, 9.17) is 4.74 Å². The zero-order chi connectivity index (χ0) is 11.1. The Hall–Kier alpha value is -1.03. The van der Waals surface area contributed by atoms with Gasteiger partial charge < -0.3 is 4.74 Å². The van der Waals surface area contributed by atoms with Crippen LogP contribution in [0, 0.1) is 0 Å². The Morgan fingerprint density at radius 3 is 2.47 bits per heavy atom. The Morgan fingerprint density at radius 2 is 1.87 bits per heavy atom. The highest BCUT2D eigenvalue weighted by atomic mass is 16.5. The number of aryl methyl sites for hydroxylation is 2. The molecular formula is C11H20N2O2. The number of rotatable bonds is 7. The second-order valence-electron chi connectivity index (χ2n) is 3.52. The predicted molar refractivity (Wildman–Crippen MR) is 60.1 cm³/mol. The van der Waals surface area contributed by atoms with Gasteiger partial charge in [0.1, 0.15) is 0 Å². The van der Waals surface area contributed by atoms with Gasteiger partial charge in [0.15, 0.2) is 0 Å². The Kier molecular flexibility index (Phi) is 5.18. The van der Waals surface area contributed by atoms with Crippen molar-refractivity contribution in [1.29, 1.82) is 0 Å². The van der Waals surface area contributed by atoms with Crippen LogP contribution in [-0.4, -0.2) is 22.3 Å². The average molecular weight is 212 g/mol. The third-order valence-corrected chi connectivity index (χ3v) is 2.27. The Bertz CT molecular complexity index is 328. The zero-order valence-corrected chi connectivity index (χ0v) is 9.61. The number of nitrogens with zero attached hydrogens (tertiary/aromatic N) is 2. The first kappa shape index (κ1) is 12.0. The first-order chi connectivity index (χ1) is 7.29. The van der Waals surface area contributed by atoms with Gasteiger partial charge in [-0.1, -0.05) is 6.92 Å². The summed E-state index contributed by atoms with van der Waals surface area (Å²) in [5.41, 5.74) is 0.0911. The van der Waals surface area contributed by atoms with Gasteiger partial charge in [-0.25, -0.2) is 4.79 Å². The molecule has 0 saturated heterocycles. The molecule has 0 aromatic carbocycles. The summed E-state index contributed by atoms with van der Waals surface area (Å²) in [6.45, 7) is 7.06. The van der Waals surface area contributed by atoms with Gasteiger partial charge in [-0.2, -0.15) is 0 Å². The summed E-state index contributed by atoms with van der Waals surface area (Å²) in [6.07, 6.45) is 5.59. The van der Waals surface area contributed by atoms with E-state index in [0.29, 0.717) is 0 Å². The van der Waals surface area contributed by atoms with Crippen LogP contribution < -0.4 is 5.69 Å². The van der Waals surface area contributed by atoms with E-state index < -0.39 is 0 Å². The van der Waals surface area contributed by atoms with E-state index in [-0.39, 0.29) is 5.69 Å². The Morgan fingerprint density at radius 1 is 1.20 bits per heavy atom. The SMILES string of the molecule is CCCn1ccn(CCCOCC)c1=O. The lowest BCUT2D eigenvalue weighted by Crippen LogP contribution is -2.24. The van der Waals surface area contributed by atoms with Crippen molar-refractivity contribution in [2.45, 2.75) is 39.8 Å². The fraction of sp³-hybridized carbons (Fsp3) is 0.727. The molecule has 1 rings (SSSR count). The Balaban J connectivity index is 2.44. The van der Waals surface area contributed by atoms with E-state index in [0.717, 1.165) is 39.1 Å². The molecule has 0 aliphatic rings. The molecule has 0 radical (unpaired) electrons. The van der Waals surface area contributed by atoms with Gasteiger partial charge in [0.05, 0.1) is 0 Å². The fourth-order valence-electron chi connectivity index (χ4n) is 1.52. The van der Waals surface area contributed by atoms with Crippen LogP contribution in [0.15, 0.2) is 17.2 Å². The largest absolute Gasteiger partial charge is 0.382 e. The second-order valence-corrected chi connectivity index (χ2v) is 3.52. The van der Waals surface area contributed by atoms with Crippen molar-refractivity contribution >= 4 is 0 Å². The highest BCUT2D eigenvalue weighted by Crippen LogP contribution is 1.91. The minimum absolute atomic E-state index is 0.0911. The lowest BCUT2D eigenvalue weighted by Gasteiger charge is -2.02. The van der Waals surface area contributed by atoms with E-state index in [1.165, 1.54) is 0 Å². The first-order valence-electron chi connectivity index (χ1n) is 5.63. The van der Waals surface area contributed by atoms with Crippen molar-refractivity contribution in [3.8, 4) is 0 Å². The Labute approximate surface area is 90.5 Å². The monoisotopic (exact) mass is 212 g/mol. The molecule has 0 amide bonds. The van der Waals surface area contributed by atoms with Crippen molar-refractivity contribution in [2.24, 2.45) is 0 Å². The molecule has 1 aromatic rings. The number of imidazole rings is 1. The fourth-order valence-corrected chi connectivity index (χ4v) is 1.52. The van der Waals surface area contributed by atoms with Crippen molar-refractivity contribution in [3.63, 3.8) is 0 Å². The summed E-state index contributed by atoms with van der Waals surface area (Å²) in [4.78, 5) is 11.7. The quantitative estimate of drug-likeness (QED) is 0.642. The van der Waals surface area contributed by atoms with Crippen LogP contribution in [-0.2, 0) is 17.8 Å². The third kappa shape index (κ3) is 3.55. The maximum atomic E-state index is 11.7. The molecule has 4 nitrogen and oxygen atoms in total. The van der Waals surface area contributed by atoms with Gasteiger partial charge in [-0.15, -0.1) is 0 Å². The summed E-state index contributed by atoms with van der Waals surface area (Å²) < 4.78 is 8.72. The van der Waals surface area contributed by atoms with Crippen molar-refractivity contribution in [3.05, 3.63) is 22.9 Å². The van der Waals surface area contributed by atoms with Gasteiger partial charge in [0.2, 0.25) is 0 Å². The molecule has 1 aromatic heterocycles. The smallest absolute Gasteiger partial charge is 0.328 e. The molecule has 86 valence electrons. The summed E-state index contributed by atoms with van der Waals surface area (Å²) in [7, 11) is 0. The molecule has 0 aliphatic carbocycles. The van der Waals surface area contributed by atoms with Gasteiger partial charge in [0, 0.05) is 38.7 Å². The normalized spacial score (nSPS) is 10.8. The van der Waals surface area contributed by atoms with Crippen LogP contribution in [0.4, 0.5) is 0 Å². The van der Waals surface area contributed by atoms with Crippen LogP contribution in [0.3, 0.4) is 0 Å². The highest BCUT2D eigenvalue weighted by Gasteiger charge is 2.01. The topological polar surface area (TPSA) is 36.2 Å². The molecule has 1 heterocycles. The average Bonchev–Trinajstić information content (AvgIpc) is 2.57. The lowest BCUT2D eigenvalue weighted by molar-refractivity contribution is 0.141. The van der Waals surface area contributed by atoms with E-state index >= 15 is 0 Å². The van der Waals surface area contributed by atoms with Crippen LogP contribution in [0.25, 0.3) is 0 Å². The maximum absolute atomic E-state index is 11.7. The van der Waals surface area contributed by atoms with Gasteiger partial charge in [-0.05, 0) is 19.8 Å². The van der Waals surface area contributed by atoms with Crippen LogP contribution in [0.1, 0.15) is 26.7 Å². The summed E-state index contributed by atoms with van der Waals surface area (Å²) >= 11 is 0. The molecule has 0 spiro atoms. The van der Waals surface area contributed by atoms with Crippen LogP contribution in [0.5, 0.6) is 0 Å². The molecule has 0 aliphatic heterocycles. The van der Waals surface area contributed by atoms with E-state index in [2.05, 4.69) is 6.92 Å². The minimum Gasteiger partial charge on any atom is -0.382 e. The zero-order valence-electron chi connectivity index (χ0n) is 9.61. The number of hydrogen-bond acceptors (Lipinski definition) is 2. The van der Waals surface area contributed by atoms with E-state index in [1.54, 1.807) is 9.13 Å². The molecule has 4 heteroatoms. The van der Waals surface area contributed by atoms with Crippen molar-refractivity contribution in [1.82, 2.24) is 9.13 Å². The second kappa shape index (κ2) is 6.45. The van der Waals surface area contributed by atoms with Gasteiger partial charge >= 0.3 is 5.69 Å². The summed E-state index contributed by atoms with van der Waals surface area (Å²) in [6, 6.07) is 0. The summed E-state index contributed by atoms with van der Waals surface area (Å²) in [5, 5.41) is 0. The van der Waals surface area contributed by atoms with E-state index in [1.807, 2.05) is 19.3 Å².